The minimum atomic E-state index is -0.364. The Morgan fingerprint density at radius 3 is 1.10 bits per heavy atom. The van der Waals surface area contributed by atoms with Gasteiger partial charge in [0, 0.05) is 153 Å². The monoisotopic (exact) mass is 1680 g/mol. The molecule has 35 nitrogen and oxygen atoms in total. The van der Waals surface area contributed by atoms with Crippen molar-refractivity contribution in [3.8, 4) is 45.6 Å². The molecule has 125 heavy (non-hydrogen) atoms. The zero-order valence-corrected chi connectivity index (χ0v) is 68.9. The number of ether oxygens (including phenoxy) is 4. The highest BCUT2D eigenvalue weighted by Crippen LogP contribution is 2.32. The van der Waals surface area contributed by atoms with Crippen molar-refractivity contribution in [2.24, 2.45) is 5.92 Å². The fourth-order valence-electron chi connectivity index (χ4n) is 14.9. The number of aromatic nitrogens is 15. The molecule has 0 radical (unpaired) electrons. The molecule has 0 bridgehead atoms. The minimum Gasteiger partial charge on any atom is -0.378 e. The van der Waals surface area contributed by atoms with Crippen molar-refractivity contribution in [2.75, 3.05) is 169 Å². The highest BCUT2D eigenvalue weighted by molar-refractivity contribution is 6.02. The molecule has 5 saturated heterocycles. The maximum atomic E-state index is 12.8. The number of hydrogen-bond donors (Lipinski definition) is 7. The second-order valence-electron chi connectivity index (χ2n) is 30.3. The number of fused-ring (bicyclic) bond motifs is 4. The topological polar surface area (TPSA) is 379 Å². The van der Waals surface area contributed by atoms with Gasteiger partial charge < -0.3 is 81.1 Å². The van der Waals surface area contributed by atoms with Crippen molar-refractivity contribution < 1.29 is 38.1 Å². The zero-order valence-electron chi connectivity index (χ0n) is 68.9. The number of nitrogen functional groups attached to an aromatic ring is 1. The standard InChI is InChI=1S/C30H33N7O3.C23H22N6O2.C22H21N7O2.C15H17N7O/c1-21-12-15-36(16-13-21)29(38)23-6-10-25(11-7-23)32-30(39)31-24-8-4-22(5-9-24)27-33-28(35-17-19-40-20-18-35)26-3-2-14-37(26)34-27;30-23(24-18-5-2-1-3-6-18)25-19-10-8-17(9-11-19)21-26-22(28-13-15-31-16-14-28)20-7-4-12-29(20)27-21;30-22(25-18-3-1-9-23-15-18)24-17-7-5-16(6-8-17)20-26-21(28-11-13-31-14-12-28)19-4-2-10-29(19)27-20;1-10-9-23-6-5-21(10)14-12-3-2-4-22(12)20-13(19-14)11-7-17-15(16)18-8-11/h2-11,14,21H,12-13,15-20H2,1H3,(H2,31,32,39);1-12H,13-16H2,(H2,24,25,30);1-10,15H,11-14H2,(H2,24,25,30);2-4,7-8,10H,5-6,9H2,1H3,(H2,16,17,18)/t;;;10-/m...1/s1. The first-order chi connectivity index (χ1) is 61.3. The molecule has 5 aliphatic heterocycles. The number of nitrogens with zero attached hydrogens (tertiary/aromatic N) is 20. The summed E-state index contributed by atoms with van der Waals surface area (Å²) in [4.78, 5) is 92.0. The number of carbonyl (C=O) groups is 4. The lowest BCUT2D eigenvalue weighted by Crippen LogP contribution is -2.44. The molecule has 15 heterocycles. The van der Waals surface area contributed by atoms with Gasteiger partial charge in [-0.15, -0.1) is 20.4 Å². The molecule has 5 aliphatic rings. The number of anilines is 11. The van der Waals surface area contributed by atoms with Gasteiger partial charge in [0.1, 0.15) is 22.1 Å². The van der Waals surface area contributed by atoms with Gasteiger partial charge in [-0.1, -0.05) is 25.1 Å². The summed E-state index contributed by atoms with van der Waals surface area (Å²) in [5.74, 6) is 6.96. The van der Waals surface area contributed by atoms with E-state index in [4.69, 9.17) is 44.6 Å². The second kappa shape index (κ2) is 38.8. The van der Waals surface area contributed by atoms with Crippen LogP contribution in [0, 0.1) is 5.92 Å². The zero-order chi connectivity index (χ0) is 85.4. The molecular weight excluding hydrogens is 1590 g/mol. The van der Waals surface area contributed by atoms with E-state index in [9.17, 15) is 19.2 Å². The first kappa shape index (κ1) is 82.3. The molecule has 636 valence electrons. The van der Waals surface area contributed by atoms with E-state index in [0.717, 1.165) is 145 Å². The maximum absolute atomic E-state index is 12.8. The molecule has 0 saturated carbocycles. The van der Waals surface area contributed by atoms with E-state index >= 15 is 0 Å². The third-order valence-electron chi connectivity index (χ3n) is 21.6. The van der Waals surface area contributed by atoms with Crippen LogP contribution in [0.5, 0.6) is 0 Å². The molecule has 20 rings (SSSR count). The average molecular weight is 1680 g/mol. The van der Waals surface area contributed by atoms with Crippen LogP contribution in [0.2, 0.25) is 0 Å². The normalized spacial score (nSPS) is 15.5. The van der Waals surface area contributed by atoms with Crippen molar-refractivity contribution in [3.63, 3.8) is 0 Å². The Bertz CT molecular complexity index is 5990. The highest BCUT2D eigenvalue weighted by atomic mass is 16.5. The number of pyridine rings is 1. The molecule has 7 amide bonds. The lowest BCUT2D eigenvalue weighted by Gasteiger charge is -2.34. The summed E-state index contributed by atoms with van der Waals surface area (Å²) in [6, 6.07) is 57.5. The van der Waals surface area contributed by atoms with Gasteiger partial charge in [-0.05, 0) is 196 Å². The molecule has 1 atom stereocenters. The summed E-state index contributed by atoms with van der Waals surface area (Å²) < 4.78 is 29.4. The molecule has 15 aromatic rings. The largest absolute Gasteiger partial charge is 0.378 e. The minimum absolute atomic E-state index is 0.0416. The van der Waals surface area contributed by atoms with Crippen LogP contribution < -0.4 is 57.2 Å². The molecule has 0 spiro atoms. The number of piperidine rings is 1. The van der Waals surface area contributed by atoms with E-state index in [1.165, 1.54) is 0 Å². The molecule has 8 N–H and O–H groups in total. The Morgan fingerprint density at radius 1 is 0.360 bits per heavy atom. The molecular formula is C90H93N27O8. The van der Waals surface area contributed by atoms with Gasteiger partial charge in [0.2, 0.25) is 5.95 Å². The number of nitrogens with one attached hydrogen (secondary N) is 6. The summed E-state index contributed by atoms with van der Waals surface area (Å²) in [6.07, 6.45) is 16.3. The fraction of sp³-hybridized carbons (Fsp3) is 0.256. The van der Waals surface area contributed by atoms with Crippen molar-refractivity contribution in [1.82, 2.24) is 78.2 Å². The van der Waals surface area contributed by atoms with Crippen molar-refractivity contribution in [2.45, 2.75) is 32.7 Å². The molecule has 10 aromatic heterocycles. The Hall–Kier alpha value is -15.1. The first-order valence-electron chi connectivity index (χ1n) is 41.5. The number of carbonyl (C=O) groups excluding carboxylic acids is 4. The Balaban J connectivity index is 0.000000120. The van der Waals surface area contributed by atoms with Gasteiger partial charge in [0.15, 0.2) is 46.6 Å². The predicted octanol–water partition coefficient (Wildman–Crippen LogP) is 12.9. The number of benzene rings is 5. The van der Waals surface area contributed by atoms with Gasteiger partial charge >= 0.3 is 18.1 Å². The van der Waals surface area contributed by atoms with E-state index in [0.29, 0.717) is 116 Å². The third-order valence-corrected chi connectivity index (χ3v) is 21.6. The number of para-hydroxylation sites is 1. The second-order valence-corrected chi connectivity index (χ2v) is 30.3. The molecule has 5 aromatic carbocycles. The fourth-order valence-corrected chi connectivity index (χ4v) is 14.9. The van der Waals surface area contributed by atoms with Crippen LogP contribution in [0.15, 0.2) is 238 Å². The van der Waals surface area contributed by atoms with Crippen LogP contribution >= 0.6 is 0 Å². The molecule has 0 aliphatic carbocycles. The van der Waals surface area contributed by atoms with Crippen LogP contribution in [-0.4, -0.2) is 220 Å². The molecule has 0 unspecified atom stereocenters. The number of amides is 7. The van der Waals surface area contributed by atoms with Crippen LogP contribution in [0.1, 0.15) is 37.0 Å². The van der Waals surface area contributed by atoms with Crippen LogP contribution in [-0.2, 0) is 18.9 Å². The van der Waals surface area contributed by atoms with Gasteiger partial charge in [-0.3, -0.25) is 9.78 Å². The molecule has 35 heteroatoms. The summed E-state index contributed by atoms with van der Waals surface area (Å²) in [5, 5.41) is 35.4. The van der Waals surface area contributed by atoms with Crippen LogP contribution in [0.4, 0.5) is 77.7 Å². The van der Waals surface area contributed by atoms with E-state index < -0.39 is 0 Å². The van der Waals surface area contributed by atoms with Crippen LogP contribution in [0.3, 0.4) is 0 Å². The number of urea groups is 3. The van der Waals surface area contributed by atoms with E-state index in [-0.39, 0.29) is 36.0 Å². The van der Waals surface area contributed by atoms with E-state index in [1.54, 1.807) is 61.2 Å². The Kier molecular flexibility index (Phi) is 25.5. The summed E-state index contributed by atoms with van der Waals surface area (Å²) in [5.41, 5.74) is 17.3. The third kappa shape index (κ3) is 20.3. The van der Waals surface area contributed by atoms with E-state index in [1.807, 2.05) is 199 Å². The maximum Gasteiger partial charge on any atom is 0.323 e. The summed E-state index contributed by atoms with van der Waals surface area (Å²) >= 11 is 0. The lowest BCUT2D eigenvalue weighted by molar-refractivity contribution is 0.0697. The Labute approximate surface area is 718 Å². The quantitative estimate of drug-likeness (QED) is 0.0501. The highest BCUT2D eigenvalue weighted by Gasteiger charge is 2.27. The Morgan fingerprint density at radius 2 is 0.712 bits per heavy atom. The molecule has 5 fully saturated rings. The number of morpholine rings is 4. The van der Waals surface area contributed by atoms with Crippen molar-refractivity contribution in [3.05, 3.63) is 243 Å². The SMILES string of the molecule is CC1CCN(C(=O)c2ccc(NC(=O)Nc3ccc(-c4nc(N5CCOCC5)c5cccn5n4)cc3)cc2)CC1.C[C@@H]1COCCN1c1nc(-c2cnc(N)nc2)nn2cccc12.O=C(Nc1ccc(-c2nc(N3CCOCC3)c3cccn3n2)cc1)Nc1cccnc1.O=C(Nc1ccccc1)Nc1ccc(-c2nc(N3CCOCC3)c3cccn3n2)cc1. The van der Waals surface area contributed by atoms with Gasteiger partial charge in [0.05, 0.1) is 76.3 Å². The predicted molar refractivity (Wildman–Crippen MR) is 480 cm³/mol. The van der Waals surface area contributed by atoms with Crippen molar-refractivity contribution in [1.29, 1.82) is 0 Å². The summed E-state index contributed by atoms with van der Waals surface area (Å²) in [6.45, 7) is 17.0. The van der Waals surface area contributed by atoms with Gasteiger partial charge in [-0.25, -0.2) is 62.3 Å². The van der Waals surface area contributed by atoms with Crippen LogP contribution in [0.25, 0.3) is 67.6 Å². The lowest BCUT2D eigenvalue weighted by atomic mass is 9.98. The van der Waals surface area contributed by atoms with E-state index in [2.05, 4.69) is 101 Å². The number of hydrogen-bond acceptors (Lipinski definition) is 24. The summed E-state index contributed by atoms with van der Waals surface area (Å²) in [7, 11) is 0. The number of likely N-dealkylation sites (tertiary alicyclic amines) is 1. The smallest absolute Gasteiger partial charge is 0.323 e. The number of nitrogens with two attached hydrogens (primary N) is 1. The van der Waals surface area contributed by atoms with Gasteiger partial charge in [0.25, 0.3) is 5.91 Å². The van der Waals surface area contributed by atoms with Gasteiger partial charge in [-0.2, -0.15) is 0 Å². The first-order valence-corrected chi connectivity index (χ1v) is 41.5. The van der Waals surface area contributed by atoms with Crippen molar-refractivity contribution >= 4 is 109 Å². The number of rotatable bonds is 15. The average Bonchev–Trinajstić information content (AvgIpc) is 1.71.